The largest absolute Gasteiger partial charge is 0.507 e. The van der Waals surface area contributed by atoms with E-state index in [0.717, 1.165) is 5.56 Å². The smallest absolute Gasteiger partial charge is 0.254 e. The average molecular weight is 418 g/mol. The van der Waals surface area contributed by atoms with Crippen LogP contribution in [0.1, 0.15) is 15.9 Å². The summed E-state index contributed by atoms with van der Waals surface area (Å²) in [5.74, 6) is 0.697. The summed E-state index contributed by atoms with van der Waals surface area (Å²) < 4.78 is 38.1. The first-order valence-corrected chi connectivity index (χ1v) is 10.8. The summed E-state index contributed by atoms with van der Waals surface area (Å²) in [6.45, 7) is 3.53. The number of aromatic hydroxyl groups is 1. The second-order valence-electron chi connectivity index (χ2n) is 7.03. The van der Waals surface area contributed by atoms with Gasteiger partial charge in [-0.25, -0.2) is 8.42 Å². The monoisotopic (exact) mass is 418 g/mol. The Morgan fingerprint density at radius 3 is 2.38 bits per heavy atom. The molecule has 0 bridgehead atoms. The molecule has 2 aliphatic heterocycles. The van der Waals surface area contributed by atoms with Gasteiger partial charge in [-0.3, -0.25) is 4.79 Å². The first-order valence-electron chi connectivity index (χ1n) is 9.35. The molecule has 154 valence electrons. The van der Waals surface area contributed by atoms with Crippen LogP contribution in [0.4, 0.5) is 0 Å². The Labute approximate surface area is 169 Å². The Balaban J connectivity index is 1.46. The van der Waals surface area contributed by atoms with Crippen LogP contribution in [0.2, 0.25) is 0 Å². The lowest BCUT2D eigenvalue weighted by atomic mass is 10.1. The van der Waals surface area contributed by atoms with Crippen LogP contribution in [0, 0.1) is 6.92 Å². The van der Waals surface area contributed by atoms with Gasteiger partial charge in [-0.1, -0.05) is 6.07 Å². The molecule has 2 aromatic carbocycles. The molecule has 0 radical (unpaired) electrons. The number of rotatable bonds is 3. The van der Waals surface area contributed by atoms with Crippen molar-refractivity contribution in [2.45, 2.75) is 11.8 Å². The zero-order valence-electron chi connectivity index (χ0n) is 16.0. The number of carbonyl (C=O) groups excluding carboxylic acids is 1. The number of aryl methyl sites for hydroxylation is 1. The maximum absolute atomic E-state index is 12.9. The Bertz CT molecular complexity index is 1040. The standard InChI is InChI=1S/C20H22N2O6S/c1-14-2-4-16(23)19(12-14)29(25,26)22-8-6-21(7-9-22)20(24)15-3-5-17-18(13-15)28-11-10-27-17/h2-5,12-13,23H,6-11H2,1H3. The van der Waals surface area contributed by atoms with Gasteiger partial charge in [0.2, 0.25) is 10.0 Å². The summed E-state index contributed by atoms with van der Waals surface area (Å²) in [5.41, 5.74) is 1.22. The predicted molar refractivity (Wildman–Crippen MR) is 105 cm³/mol. The fraction of sp³-hybridized carbons (Fsp3) is 0.350. The molecule has 2 aliphatic rings. The molecule has 2 aromatic rings. The van der Waals surface area contributed by atoms with E-state index in [0.29, 0.717) is 30.3 Å². The second kappa shape index (κ2) is 7.57. The molecule has 0 aromatic heterocycles. The third-order valence-electron chi connectivity index (χ3n) is 5.05. The van der Waals surface area contributed by atoms with Crippen LogP contribution < -0.4 is 9.47 Å². The van der Waals surface area contributed by atoms with E-state index < -0.39 is 10.0 Å². The van der Waals surface area contributed by atoms with Crippen molar-refractivity contribution >= 4 is 15.9 Å². The maximum atomic E-state index is 12.9. The first kappa shape index (κ1) is 19.5. The SMILES string of the molecule is Cc1ccc(O)c(S(=O)(=O)N2CCN(C(=O)c3ccc4c(c3)OCCO4)CC2)c1. The summed E-state index contributed by atoms with van der Waals surface area (Å²) in [5, 5.41) is 9.99. The van der Waals surface area contributed by atoms with E-state index in [1.807, 2.05) is 0 Å². The molecule has 0 spiro atoms. The number of fused-ring (bicyclic) bond motifs is 1. The number of phenols is 1. The third kappa shape index (κ3) is 3.75. The fourth-order valence-electron chi connectivity index (χ4n) is 3.46. The molecule has 9 heteroatoms. The molecule has 0 saturated carbocycles. The van der Waals surface area contributed by atoms with Crippen LogP contribution in [0.5, 0.6) is 17.2 Å². The van der Waals surface area contributed by atoms with Gasteiger partial charge in [0.25, 0.3) is 5.91 Å². The van der Waals surface area contributed by atoms with Gasteiger partial charge in [0.1, 0.15) is 23.9 Å². The molecule has 4 rings (SSSR count). The Hall–Kier alpha value is -2.78. The minimum atomic E-state index is -3.83. The third-order valence-corrected chi connectivity index (χ3v) is 6.98. The molecule has 8 nitrogen and oxygen atoms in total. The maximum Gasteiger partial charge on any atom is 0.254 e. The van der Waals surface area contributed by atoms with Crippen LogP contribution in [0.15, 0.2) is 41.3 Å². The molecule has 1 amide bonds. The predicted octanol–water partition coefficient (Wildman–Crippen LogP) is 1.62. The van der Waals surface area contributed by atoms with Crippen molar-refractivity contribution in [2.75, 3.05) is 39.4 Å². The minimum Gasteiger partial charge on any atom is -0.507 e. The topological polar surface area (TPSA) is 96.4 Å². The van der Waals surface area contributed by atoms with Crippen LogP contribution in [0.3, 0.4) is 0 Å². The fourth-order valence-corrected chi connectivity index (χ4v) is 5.05. The molecule has 1 fully saturated rings. The van der Waals surface area contributed by atoms with E-state index in [-0.39, 0.29) is 42.7 Å². The zero-order chi connectivity index (χ0) is 20.6. The normalized spacial score (nSPS) is 17.2. The number of carbonyl (C=O) groups is 1. The minimum absolute atomic E-state index is 0.107. The van der Waals surface area contributed by atoms with E-state index in [9.17, 15) is 18.3 Å². The highest BCUT2D eigenvalue weighted by molar-refractivity contribution is 7.89. The number of hydrogen-bond acceptors (Lipinski definition) is 6. The average Bonchev–Trinajstić information content (AvgIpc) is 2.74. The van der Waals surface area contributed by atoms with Gasteiger partial charge in [0.05, 0.1) is 0 Å². The molecule has 0 unspecified atom stereocenters. The van der Waals surface area contributed by atoms with E-state index in [1.54, 1.807) is 36.1 Å². The molecule has 1 N–H and O–H groups in total. The van der Waals surface area contributed by atoms with Gasteiger partial charge in [-0.05, 0) is 42.8 Å². The van der Waals surface area contributed by atoms with Crippen LogP contribution >= 0.6 is 0 Å². The number of phenolic OH excluding ortho intramolecular Hbond substituents is 1. The van der Waals surface area contributed by atoms with Crippen molar-refractivity contribution in [3.05, 3.63) is 47.5 Å². The highest BCUT2D eigenvalue weighted by Gasteiger charge is 2.32. The molecular weight excluding hydrogens is 396 g/mol. The lowest BCUT2D eigenvalue weighted by Gasteiger charge is -2.34. The van der Waals surface area contributed by atoms with E-state index in [2.05, 4.69) is 0 Å². The molecular formula is C20H22N2O6S. The number of hydrogen-bond donors (Lipinski definition) is 1. The summed E-state index contributed by atoms with van der Waals surface area (Å²) >= 11 is 0. The highest BCUT2D eigenvalue weighted by atomic mass is 32.2. The van der Waals surface area contributed by atoms with Crippen molar-refractivity contribution in [3.8, 4) is 17.2 Å². The molecule has 1 saturated heterocycles. The number of ether oxygens (including phenoxy) is 2. The van der Waals surface area contributed by atoms with Crippen LogP contribution in [-0.4, -0.2) is 68.0 Å². The Morgan fingerprint density at radius 1 is 0.966 bits per heavy atom. The Morgan fingerprint density at radius 2 is 1.66 bits per heavy atom. The van der Waals surface area contributed by atoms with Gasteiger partial charge >= 0.3 is 0 Å². The number of amides is 1. The van der Waals surface area contributed by atoms with E-state index in [4.69, 9.17) is 9.47 Å². The van der Waals surface area contributed by atoms with Gasteiger partial charge in [0, 0.05) is 31.7 Å². The van der Waals surface area contributed by atoms with Crippen molar-refractivity contribution < 1.29 is 27.8 Å². The lowest BCUT2D eigenvalue weighted by Crippen LogP contribution is -2.50. The van der Waals surface area contributed by atoms with Crippen molar-refractivity contribution in [1.82, 2.24) is 9.21 Å². The van der Waals surface area contributed by atoms with Gasteiger partial charge in [-0.15, -0.1) is 0 Å². The molecule has 2 heterocycles. The zero-order valence-corrected chi connectivity index (χ0v) is 16.8. The van der Waals surface area contributed by atoms with Crippen LogP contribution in [-0.2, 0) is 10.0 Å². The van der Waals surface area contributed by atoms with Crippen molar-refractivity contribution in [1.29, 1.82) is 0 Å². The summed E-state index contributed by atoms with van der Waals surface area (Å²) in [6, 6.07) is 9.54. The highest BCUT2D eigenvalue weighted by Crippen LogP contribution is 2.31. The Kier molecular flexibility index (Phi) is 5.10. The number of piperazine rings is 1. The van der Waals surface area contributed by atoms with E-state index >= 15 is 0 Å². The van der Waals surface area contributed by atoms with Crippen molar-refractivity contribution in [2.24, 2.45) is 0 Å². The quantitative estimate of drug-likeness (QED) is 0.814. The molecule has 0 atom stereocenters. The molecule has 0 aliphatic carbocycles. The number of sulfonamides is 1. The van der Waals surface area contributed by atoms with Crippen molar-refractivity contribution in [3.63, 3.8) is 0 Å². The van der Waals surface area contributed by atoms with Gasteiger partial charge in [0.15, 0.2) is 11.5 Å². The van der Waals surface area contributed by atoms with Gasteiger partial charge in [-0.2, -0.15) is 4.31 Å². The van der Waals surface area contributed by atoms with Gasteiger partial charge < -0.3 is 19.5 Å². The first-order chi connectivity index (χ1) is 13.9. The summed E-state index contributed by atoms with van der Waals surface area (Å²) in [7, 11) is -3.83. The van der Waals surface area contributed by atoms with Crippen LogP contribution in [0.25, 0.3) is 0 Å². The summed E-state index contributed by atoms with van der Waals surface area (Å²) in [4.78, 5) is 14.3. The lowest BCUT2D eigenvalue weighted by molar-refractivity contribution is 0.0696. The second-order valence-corrected chi connectivity index (χ2v) is 8.93. The van der Waals surface area contributed by atoms with E-state index in [1.165, 1.54) is 16.4 Å². The number of benzene rings is 2. The molecule has 29 heavy (non-hydrogen) atoms. The summed E-state index contributed by atoms with van der Waals surface area (Å²) in [6.07, 6.45) is 0. The number of nitrogens with zero attached hydrogens (tertiary/aromatic N) is 2.